The molecule has 0 aliphatic heterocycles. The van der Waals surface area contributed by atoms with Gasteiger partial charge in [-0.3, -0.25) is 4.79 Å². The van der Waals surface area contributed by atoms with Gasteiger partial charge >= 0.3 is 5.97 Å². The highest BCUT2D eigenvalue weighted by Crippen LogP contribution is 2.09. The lowest BCUT2D eigenvalue weighted by Gasteiger charge is -2.24. The molecule has 0 heterocycles. The second-order valence-electron chi connectivity index (χ2n) is 3.81. The fourth-order valence-corrected chi connectivity index (χ4v) is 1.80. The van der Waals surface area contributed by atoms with Crippen molar-refractivity contribution in [3.8, 4) is 0 Å². The Morgan fingerprint density at radius 2 is 1.79 bits per heavy atom. The van der Waals surface area contributed by atoms with Gasteiger partial charge < -0.3 is 4.74 Å². The molecule has 0 aromatic carbocycles. The quantitative estimate of drug-likeness (QED) is 0.694. The fourth-order valence-electron chi connectivity index (χ4n) is 0.770. The van der Waals surface area contributed by atoms with Crippen molar-refractivity contribution in [2.45, 2.75) is 38.5 Å². The zero-order valence-corrected chi connectivity index (χ0v) is 9.94. The molecule has 0 amide bonds. The average Bonchev–Trinajstić information content (AvgIpc) is 2.00. The molecule has 6 heteroatoms. The Morgan fingerprint density at radius 3 is 2.07 bits per heavy atom. The molecule has 0 saturated carbocycles. The maximum atomic E-state index is 11.4. The second-order valence-corrected chi connectivity index (χ2v) is 6.05. The van der Waals surface area contributed by atoms with E-state index in [-0.39, 0.29) is 0 Å². The normalized spacial score (nSPS) is 13.0. The van der Waals surface area contributed by atoms with Crippen LogP contribution in [0.5, 0.6) is 0 Å². The van der Waals surface area contributed by atoms with Crippen LogP contribution in [-0.2, 0) is 19.6 Å². The summed E-state index contributed by atoms with van der Waals surface area (Å²) in [5.74, 6) is -0.610. The van der Waals surface area contributed by atoms with Gasteiger partial charge in [0.05, 0.1) is 12.4 Å². The molecule has 0 fully saturated rings. The summed E-state index contributed by atoms with van der Waals surface area (Å²) < 4.78 is 29.7. The van der Waals surface area contributed by atoms with Crippen LogP contribution < -0.4 is 4.72 Å². The Bertz CT molecular complexity index is 305. The van der Waals surface area contributed by atoms with Crippen molar-refractivity contribution in [1.82, 2.24) is 4.72 Å². The molecular weight excluding hydrogens is 206 g/mol. The number of esters is 1. The summed E-state index contributed by atoms with van der Waals surface area (Å²) in [4.78, 5) is 11.2. The van der Waals surface area contributed by atoms with Gasteiger partial charge in [0.2, 0.25) is 10.0 Å². The van der Waals surface area contributed by atoms with Crippen LogP contribution in [0.3, 0.4) is 0 Å². The molecule has 14 heavy (non-hydrogen) atoms. The van der Waals surface area contributed by atoms with Crippen LogP contribution >= 0.6 is 0 Å². The summed E-state index contributed by atoms with van der Waals surface area (Å²) in [6.45, 7) is 5.99. The Hall–Kier alpha value is -0.620. The van der Waals surface area contributed by atoms with Crippen molar-refractivity contribution >= 4 is 16.0 Å². The molecule has 0 aliphatic rings. The van der Waals surface area contributed by atoms with Crippen molar-refractivity contribution in [2.75, 3.05) is 7.11 Å². The Morgan fingerprint density at radius 1 is 1.36 bits per heavy atom. The highest BCUT2D eigenvalue weighted by atomic mass is 32.2. The summed E-state index contributed by atoms with van der Waals surface area (Å²) in [6.07, 6.45) is 0. The molecule has 84 valence electrons. The molecule has 1 N–H and O–H groups in total. The number of carbonyl (C=O) groups is 1. The lowest BCUT2D eigenvalue weighted by Crippen LogP contribution is -2.52. The van der Waals surface area contributed by atoms with Gasteiger partial charge in [-0.2, -0.15) is 4.72 Å². The number of hydrogen-bond acceptors (Lipinski definition) is 4. The highest BCUT2D eigenvalue weighted by Gasteiger charge is 2.34. The lowest BCUT2D eigenvalue weighted by atomic mass is 10.1. The molecule has 5 nitrogen and oxygen atoms in total. The minimum absolute atomic E-state index is 0.577. The Kier molecular flexibility index (Phi) is 4.08. The molecule has 0 unspecified atom stereocenters. The van der Waals surface area contributed by atoms with Crippen molar-refractivity contribution in [3.63, 3.8) is 0 Å². The Balaban J connectivity index is 4.76. The van der Waals surface area contributed by atoms with Crippen LogP contribution in [0.25, 0.3) is 0 Å². The lowest BCUT2D eigenvalue weighted by molar-refractivity contribution is -0.146. The van der Waals surface area contributed by atoms with E-state index in [1.165, 1.54) is 34.8 Å². The summed E-state index contributed by atoms with van der Waals surface area (Å²) in [5.41, 5.74) is -1.22. The first-order chi connectivity index (χ1) is 6.13. The zero-order chi connectivity index (χ0) is 11.6. The van der Waals surface area contributed by atoms with Gasteiger partial charge in [0.15, 0.2) is 0 Å². The van der Waals surface area contributed by atoms with E-state index in [0.29, 0.717) is 0 Å². The summed E-state index contributed by atoms with van der Waals surface area (Å²) in [7, 11) is -2.25. The van der Waals surface area contributed by atoms with E-state index < -0.39 is 26.8 Å². The molecule has 0 radical (unpaired) electrons. The standard InChI is InChI=1S/C8H17NO4S/c1-6(2)14(11,12)9-8(3,4)7(10)13-5/h6,9H,1-5H3. The van der Waals surface area contributed by atoms with E-state index in [4.69, 9.17) is 0 Å². The third-order valence-corrected chi connectivity index (χ3v) is 3.75. The maximum Gasteiger partial charge on any atom is 0.326 e. The van der Waals surface area contributed by atoms with Crippen LogP contribution in [0.15, 0.2) is 0 Å². The van der Waals surface area contributed by atoms with Crippen molar-refractivity contribution in [2.24, 2.45) is 0 Å². The molecule has 0 aliphatic carbocycles. The van der Waals surface area contributed by atoms with Crippen LogP contribution in [0, 0.1) is 0 Å². The third-order valence-electron chi connectivity index (χ3n) is 1.71. The Labute approximate surface area is 84.9 Å². The number of nitrogens with one attached hydrogen (secondary N) is 1. The number of methoxy groups -OCH3 is 1. The predicted molar refractivity (Wildman–Crippen MR) is 53.3 cm³/mol. The van der Waals surface area contributed by atoms with E-state index in [2.05, 4.69) is 9.46 Å². The van der Waals surface area contributed by atoms with Crippen LogP contribution in [0.1, 0.15) is 27.7 Å². The van der Waals surface area contributed by atoms with Gasteiger partial charge in [0, 0.05) is 0 Å². The first kappa shape index (κ1) is 13.4. The highest BCUT2D eigenvalue weighted by molar-refractivity contribution is 7.90. The van der Waals surface area contributed by atoms with Gasteiger partial charge in [-0.25, -0.2) is 8.42 Å². The number of sulfonamides is 1. The smallest absolute Gasteiger partial charge is 0.326 e. The number of rotatable bonds is 4. The summed E-state index contributed by atoms with van der Waals surface area (Å²) in [6, 6.07) is 0. The summed E-state index contributed by atoms with van der Waals surface area (Å²) in [5, 5.41) is -0.577. The molecule has 0 saturated heterocycles. The molecule has 0 aromatic rings. The van der Waals surface area contributed by atoms with Gasteiger partial charge in [-0.05, 0) is 27.7 Å². The van der Waals surface area contributed by atoms with E-state index in [1.54, 1.807) is 0 Å². The van der Waals surface area contributed by atoms with E-state index in [9.17, 15) is 13.2 Å². The molecule has 0 atom stereocenters. The molecule has 0 rings (SSSR count). The van der Waals surface area contributed by atoms with Crippen LogP contribution in [0.4, 0.5) is 0 Å². The van der Waals surface area contributed by atoms with Crippen LogP contribution in [0.2, 0.25) is 0 Å². The van der Waals surface area contributed by atoms with Crippen LogP contribution in [-0.4, -0.2) is 32.3 Å². The third kappa shape index (κ3) is 3.26. The largest absolute Gasteiger partial charge is 0.468 e. The van der Waals surface area contributed by atoms with Gasteiger partial charge in [-0.1, -0.05) is 0 Å². The SMILES string of the molecule is COC(=O)C(C)(C)NS(=O)(=O)C(C)C. The first-order valence-corrected chi connectivity index (χ1v) is 5.79. The minimum Gasteiger partial charge on any atom is -0.468 e. The monoisotopic (exact) mass is 223 g/mol. The van der Waals surface area contributed by atoms with Gasteiger partial charge in [0.25, 0.3) is 0 Å². The van der Waals surface area contributed by atoms with E-state index >= 15 is 0 Å². The van der Waals surface area contributed by atoms with Gasteiger partial charge in [0.1, 0.15) is 5.54 Å². The van der Waals surface area contributed by atoms with Gasteiger partial charge in [-0.15, -0.1) is 0 Å². The molecule has 0 spiro atoms. The average molecular weight is 223 g/mol. The second kappa shape index (κ2) is 4.27. The molecule has 0 bridgehead atoms. The number of hydrogen-bond donors (Lipinski definition) is 1. The van der Waals surface area contributed by atoms with Crippen molar-refractivity contribution in [1.29, 1.82) is 0 Å². The number of carbonyl (C=O) groups excluding carboxylic acids is 1. The van der Waals surface area contributed by atoms with Crippen molar-refractivity contribution in [3.05, 3.63) is 0 Å². The van der Waals surface area contributed by atoms with E-state index in [0.717, 1.165) is 0 Å². The first-order valence-electron chi connectivity index (χ1n) is 4.24. The summed E-state index contributed by atoms with van der Waals surface area (Å²) >= 11 is 0. The zero-order valence-electron chi connectivity index (χ0n) is 9.12. The predicted octanol–water partition coefficient (Wildman–Crippen LogP) is 0.266. The van der Waals surface area contributed by atoms with Crippen molar-refractivity contribution < 1.29 is 17.9 Å². The fraction of sp³-hybridized carbons (Fsp3) is 0.875. The number of ether oxygens (including phenoxy) is 1. The maximum absolute atomic E-state index is 11.4. The molecular formula is C8H17NO4S. The molecule has 0 aromatic heterocycles. The minimum atomic E-state index is -3.46. The topological polar surface area (TPSA) is 72.5 Å². The van der Waals surface area contributed by atoms with E-state index in [1.807, 2.05) is 0 Å².